The summed E-state index contributed by atoms with van der Waals surface area (Å²) in [5, 5.41) is 15.8. The van der Waals surface area contributed by atoms with E-state index >= 15 is 0 Å². The second-order valence-electron chi connectivity index (χ2n) is 17.6. The van der Waals surface area contributed by atoms with Gasteiger partial charge in [-0.1, -0.05) is 37.1 Å². The van der Waals surface area contributed by atoms with E-state index in [9.17, 15) is 41.3 Å². The molecule has 2 saturated heterocycles. The van der Waals surface area contributed by atoms with Gasteiger partial charge in [-0.3, -0.25) is 24.6 Å². The number of piperazine rings is 1. The molecule has 1 atom stereocenters. The summed E-state index contributed by atoms with van der Waals surface area (Å²) < 4.78 is 81.8. The number of pyridine rings is 1. The molecular weight excluding hydrogens is 917 g/mol. The number of rotatable bonds is 14. The van der Waals surface area contributed by atoms with Gasteiger partial charge in [0.2, 0.25) is 6.41 Å². The van der Waals surface area contributed by atoms with Gasteiger partial charge < -0.3 is 29.6 Å². The molecule has 3 N–H and O–H groups in total. The maximum atomic E-state index is 13.9. The minimum atomic E-state index is -4.67. The monoisotopic (exact) mass is 964 g/mol. The number of nitro groups is 1. The lowest BCUT2D eigenvalue weighted by atomic mass is 9.72. The topological polar surface area (TPSA) is 192 Å². The van der Waals surface area contributed by atoms with E-state index in [1.54, 1.807) is 30.5 Å². The number of aromatic nitrogens is 2. The molecule has 3 aromatic carbocycles. The maximum absolute atomic E-state index is 13.9. The summed E-state index contributed by atoms with van der Waals surface area (Å²) in [6.45, 7) is 8.43. The number of hydrogen-bond donors (Lipinski definition) is 3. The zero-order chi connectivity index (χ0) is 47.7. The van der Waals surface area contributed by atoms with Crippen molar-refractivity contribution in [2.45, 2.75) is 50.3 Å². The van der Waals surface area contributed by atoms with E-state index in [1.165, 1.54) is 29.3 Å². The normalized spacial score (nSPS) is 18.2. The zero-order valence-corrected chi connectivity index (χ0v) is 38.1. The number of amides is 2. The van der Waals surface area contributed by atoms with E-state index in [2.05, 4.69) is 38.9 Å². The molecule has 0 saturated carbocycles. The molecule has 5 aromatic rings. The SMILES string of the molecule is CC1(C)CCC(CN2CCN(c3ccc(C(=O)NS(=O)(=O)c4ccc(NCC5CN(C=O)CCO5)c([N+](=O)[O-])c4)c(Oc4cnc5[nH]ccc5c4)c3)CC2)=C(c2ccc(C(F)(F)F)cc2Cl)C1. The van der Waals surface area contributed by atoms with Gasteiger partial charge in [0.1, 0.15) is 22.8 Å². The number of alkyl halides is 3. The number of aromatic amines is 1. The summed E-state index contributed by atoms with van der Waals surface area (Å²) in [6.07, 6.45) is 1.29. The molecule has 1 unspecified atom stereocenters. The number of carbonyl (C=O) groups excluding carboxylic acids is 2. The lowest BCUT2D eigenvalue weighted by Crippen LogP contribution is -2.47. The second kappa shape index (κ2) is 19.2. The van der Waals surface area contributed by atoms with Crippen LogP contribution in [-0.2, 0) is 25.7 Å². The van der Waals surface area contributed by atoms with Crippen LogP contribution in [0.25, 0.3) is 16.6 Å². The quantitative estimate of drug-likeness (QED) is 0.0551. The Balaban J connectivity index is 1.00. The summed E-state index contributed by atoms with van der Waals surface area (Å²) in [5.74, 6) is -0.745. The third-order valence-electron chi connectivity index (χ3n) is 12.3. The van der Waals surface area contributed by atoms with E-state index in [-0.39, 0.29) is 46.3 Å². The molecule has 2 fully saturated rings. The highest BCUT2D eigenvalue weighted by molar-refractivity contribution is 7.90. The first-order valence-corrected chi connectivity index (χ1v) is 23.4. The van der Waals surface area contributed by atoms with E-state index in [4.69, 9.17) is 21.1 Å². The molecule has 16 nitrogen and oxygen atoms in total. The third-order valence-corrected chi connectivity index (χ3v) is 14.0. The number of anilines is 2. The molecule has 8 rings (SSSR count). The molecule has 2 aliphatic heterocycles. The fraction of sp³-hybridized carbons (Fsp3) is 0.370. The zero-order valence-electron chi connectivity index (χ0n) is 36.6. The molecule has 67 heavy (non-hydrogen) atoms. The number of nitro benzene ring substituents is 1. The van der Waals surface area contributed by atoms with Gasteiger partial charge in [-0.05, 0) is 84.3 Å². The van der Waals surface area contributed by atoms with Crippen LogP contribution >= 0.6 is 11.6 Å². The van der Waals surface area contributed by atoms with Crippen molar-refractivity contribution < 1.29 is 45.6 Å². The first-order chi connectivity index (χ1) is 31.9. The van der Waals surface area contributed by atoms with Gasteiger partial charge in [-0.15, -0.1) is 0 Å². The number of hydrogen-bond acceptors (Lipinski definition) is 12. The van der Waals surface area contributed by atoms with Crippen LogP contribution in [0.3, 0.4) is 0 Å². The van der Waals surface area contributed by atoms with Crippen molar-refractivity contribution in [1.82, 2.24) is 24.5 Å². The highest BCUT2D eigenvalue weighted by Gasteiger charge is 2.34. The standard InChI is InChI=1S/C46H48ClF3N8O8S/c1-45(2)11-9-30(38(23-45)36-6-3-31(20-39(36)47)46(48,49)50)26-55-13-15-57(16-14-55)32-4-7-37(42(21-32)66-33-19-29-10-12-51-43(29)53-24-33)44(60)54-67(63,64)35-5-8-40(41(22-35)58(61)62)52-25-34-27-56(28-59)17-18-65-34/h3-8,10,12,19-22,24,28,34,52H,9,11,13-18,23,25-27H2,1-2H3,(H,51,53)(H,54,60). The van der Waals surface area contributed by atoms with E-state index in [0.29, 0.717) is 75.6 Å². The Bertz CT molecular complexity index is 2850. The van der Waals surface area contributed by atoms with E-state index in [0.717, 1.165) is 53.6 Å². The van der Waals surface area contributed by atoms with Gasteiger partial charge in [-0.2, -0.15) is 13.2 Å². The summed E-state index contributed by atoms with van der Waals surface area (Å²) in [7, 11) is -4.67. The number of fused-ring (bicyclic) bond motifs is 1. The van der Waals surface area contributed by atoms with Gasteiger partial charge in [0, 0.05) is 86.8 Å². The van der Waals surface area contributed by atoms with Gasteiger partial charge in [0.15, 0.2) is 0 Å². The molecular formula is C46H48ClF3N8O8S. The lowest BCUT2D eigenvalue weighted by Gasteiger charge is -2.39. The minimum absolute atomic E-state index is 0.0187. The van der Waals surface area contributed by atoms with Crippen molar-refractivity contribution in [3.63, 3.8) is 0 Å². The number of benzene rings is 3. The lowest BCUT2D eigenvalue weighted by molar-refractivity contribution is -0.384. The fourth-order valence-electron chi connectivity index (χ4n) is 8.64. The number of nitrogens with zero attached hydrogens (tertiary/aromatic N) is 5. The number of sulfonamides is 1. The Labute approximate surface area is 389 Å². The highest BCUT2D eigenvalue weighted by atomic mass is 35.5. The summed E-state index contributed by atoms with van der Waals surface area (Å²) in [4.78, 5) is 49.3. The first-order valence-electron chi connectivity index (χ1n) is 21.6. The van der Waals surface area contributed by atoms with Crippen LogP contribution in [0.2, 0.25) is 5.02 Å². The van der Waals surface area contributed by atoms with Crippen LogP contribution in [-0.4, -0.2) is 110 Å². The highest BCUT2D eigenvalue weighted by Crippen LogP contribution is 2.46. The predicted octanol–water partition coefficient (Wildman–Crippen LogP) is 8.11. The average Bonchev–Trinajstić information content (AvgIpc) is 3.77. The summed E-state index contributed by atoms with van der Waals surface area (Å²) >= 11 is 6.53. The number of allylic oxidation sites excluding steroid dienone is 1. The van der Waals surface area contributed by atoms with Crippen LogP contribution in [0.4, 0.5) is 30.2 Å². The molecule has 21 heteroatoms. The van der Waals surface area contributed by atoms with Crippen molar-refractivity contribution in [3.8, 4) is 11.5 Å². The molecule has 2 aromatic heterocycles. The van der Waals surface area contributed by atoms with Gasteiger partial charge in [0.05, 0.1) is 39.9 Å². The minimum Gasteiger partial charge on any atom is -0.455 e. The van der Waals surface area contributed by atoms with Crippen molar-refractivity contribution in [1.29, 1.82) is 0 Å². The molecule has 4 heterocycles. The number of morpholine rings is 1. The second-order valence-corrected chi connectivity index (χ2v) is 19.7. The van der Waals surface area contributed by atoms with Crippen LogP contribution < -0.4 is 19.7 Å². The number of nitrogens with one attached hydrogen (secondary N) is 3. The molecule has 1 aliphatic carbocycles. The fourth-order valence-corrected chi connectivity index (χ4v) is 9.93. The Morgan fingerprint density at radius 1 is 1.07 bits per heavy atom. The molecule has 2 amide bonds. The maximum Gasteiger partial charge on any atom is 0.416 e. The number of H-pyrrole nitrogens is 1. The van der Waals surface area contributed by atoms with Crippen LogP contribution in [0.5, 0.6) is 11.5 Å². The van der Waals surface area contributed by atoms with Crippen molar-refractivity contribution in [3.05, 3.63) is 117 Å². The van der Waals surface area contributed by atoms with Gasteiger partial charge in [-0.25, -0.2) is 18.1 Å². The Hall–Kier alpha value is -6.22. The number of halogens is 4. The van der Waals surface area contributed by atoms with E-state index in [1.807, 2.05) is 4.72 Å². The van der Waals surface area contributed by atoms with Crippen molar-refractivity contribution in [2.24, 2.45) is 5.41 Å². The molecule has 354 valence electrons. The smallest absolute Gasteiger partial charge is 0.416 e. The Kier molecular flexibility index (Phi) is 13.5. The Morgan fingerprint density at radius 3 is 2.60 bits per heavy atom. The number of carbonyl (C=O) groups is 2. The molecule has 0 bridgehead atoms. The average molecular weight is 965 g/mol. The van der Waals surface area contributed by atoms with Gasteiger partial charge >= 0.3 is 6.18 Å². The number of ether oxygens (including phenoxy) is 2. The first kappa shape index (κ1) is 47.3. The van der Waals surface area contributed by atoms with Crippen LogP contribution in [0.1, 0.15) is 54.6 Å². The van der Waals surface area contributed by atoms with Gasteiger partial charge in [0.25, 0.3) is 21.6 Å². The predicted molar refractivity (Wildman–Crippen MR) is 246 cm³/mol. The van der Waals surface area contributed by atoms with Crippen molar-refractivity contribution in [2.75, 3.05) is 69.2 Å². The van der Waals surface area contributed by atoms with Crippen LogP contribution in [0, 0.1) is 15.5 Å². The van der Waals surface area contributed by atoms with E-state index < -0.39 is 49.3 Å². The molecule has 0 radical (unpaired) electrons. The Morgan fingerprint density at radius 2 is 1.87 bits per heavy atom. The third kappa shape index (κ3) is 11.0. The summed E-state index contributed by atoms with van der Waals surface area (Å²) in [6, 6.07) is 15.1. The van der Waals surface area contributed by atoms with Crippen molar-refractivity contribution >= 4 is 67.6 Å². The molecule has 0 spiro atoms. The summed E-state index contributed by atoms with van der Waals surface area (Å²) in [5.41, 5.74) is 2.52. The molecule has 3 aliphatic rings. The largest absolute Gasteiger partial charge is 0.455 e. The van der Waals surface area contributed by atoms with Crippen LogP contribution in [0.15, 0.2) is 89.6 Å².